The lowest BCUT2D eigenvalue weighted by Gasteiger charge is -2.37. The Morgan fingerprint density at radius 3 is 3.04 bits per heavy atom. The molecular formula is C16H26N4O2S. The van der Waals surface area contributed by atoms with Crippen LogP contribution in [0.15, 0.2) is 11.6 Å². The molecule has 1 aromatic heterocycles. The van der Waals surface area contributed by atoms with Gasteiger partial charge in [0.1, 0.15) is 5.01 Å². The van der Waals surface area contributed by atoms with Gasteiger partial charge in [-0.2, -0.15) is 0 Å². The molecule has 2 N–H and O–H groups in total. The lowest BCUT2D eigenvalue weighted by molar-refractivity contribution is -0.0176. The second-order valence-corrected chi connectivity index (χ2v) is 7.48. The van der Waals surface area contributed by atoms with Crippen LogP contribution in [0.25, 0.3) is 0 Å². The Kier molecular flexibility index (Phi) is 5.50. The molecule has 1 saturated heterocycles. The van der Waals surface area contributed by atoms with E-state index in [1.807, 2.05) is 5.38 Å². The zero-order valence-corrected chi connectivity index (χ0v) is 14.6. The van der Waals surface area contributed by atoms with E-state index in [9.17, 15) is 4.79 Å². The van der Waals surface area contributed by atoms with Crippen LogP contribution in [0.4, 0.5) is 4.79 Å². The van der Waals surface area contributed by atoms with E-state index in [2.05, 4.69) is 34.4 Å². The summed E-state index contributed by atoms with van der Waals surface area (Å²) in [6.07, 6.45) is 4.15. The average Bonchev–Trinajstić information content (AvgIpc) is 3.24. The highest BCUT2D eigenvalue weighted by atomic mass is 32.1. The minimum absolute atomic E-state index is 0.0626. The highest BCUT2D eigenvalue weighted by Crippen LogP contribution is 2.41. The summed E-state index contributed by atoms with van der Waals surface area (Å²) in [5, 5.41) is 9.10. The summed E-state index contributed by atoms with van der Waals surface area (Å²) in [5.41, 5.74) is 0. The Morgan fingerprint density at radius 2 is 2.39 bits per heavy atom. The molecule has 0 bridgehead atoms. The third kappa shape index (κ3) is 4.43. The lowest BCUT2D eigenvalue weighted by atomic mass is 10.2. The smallest absolute Gasteiger partial charge is 0.315 e. The molecular weight excluding hydrogens is 312 g/mol. The predicted octanol–water partition coefficient (Wildman–Crippen LogP) is 2.00. The molecule has 2 heterocycles. The van der Waals surface area contributed by atoms with E-state index in [0.29, 0.717) is 24.5 Å². The predicted molar refractivity (Wildman–Crippen MR) is 90.6 cm³/mol. The second kappa shape index (κ2) is 7.59. The number of thiazole rings is 1. The zero-order chi connectivity index (χ0) is 16.2. The number of carbonyl (C=O) groups excluding carboxylic acids is 1. The van der Waals surface area contributed by atoms with Crippen molar-refractivity contribution >= 4 is 17.4 Å². The van der Waals surface area contributed by atoms with E-state index in [0.717, 1.165) is 24.8 Å². The summed E-state index contributed by atoms with van der Waals surface area (Å²) in [6.45, 7) is 7.43. The number of urea groups is 1. The number of amides is 2. The summed E-state index contributed by atoms with van der Waals surface area (Å²) in [5.74, 6) is 0.545. The van der Waals surface area contributed by atoms with Gasteiger partial charge in [0, 0.05) is 36.8 Å². The van der Waals surface area contributed by atoms with Gasteiger partial charge in [-0.05, 0) is 32.6 Å². The monoisotopic (exact) mass is 338 g/mol. The Balaban J connectivity index is 1.47. The maximum absolute atomic E-state index is 12.3. The van der Waals surface area contributed by atoms with Crippen LogP contribution in [0, 0.1) is 5.92 Å². The first-order valence-corrected chi connectivity index (χ1v) is 9.30. The highest BCUT2D eigenvalue weighted by Gasteiger charge is 2.35. The van der Waals surface area contributed by atoms with Gasteiger partial charge in [-0.1, -0.05) is 0 Å². The summed E-state index contributed by atoms with van der Waals surface area (Å²) in [7, 11) is 0. The van der Waals surface area contributed by atoms with Crippen molar-refractivity contribution in [3.05, 3.63) is 16.6 Å². The van der Waals surface area contributed by atoms with Gasteiger partial charge in [-0.15, -0.1) is 11.3 Å². The number of aromatic nitrogens is 1. The van der Waals surface area contributed by atoms with Crippen molar-refractivity contribution in [2.45, 2.75) is 44.8 Å². The first-order valence-electron chi connectivity index (χ1n) is 8.42. The van der Waals surface area contributed by atoms with Crippen LogP contribution >= 0.6 is 11.3 Å². The quantitative estimate of drug-likeness (QED) is 0.833. The molecule has 1 aliphatic heterocycles. The van der Waals surface area contributed by atoms with Crippen LogP contribution in [0.2, 0.25) is 0 Å². The van der Waals surface area contributed by atoms with Crippen molar-refractivity contribution in [3.63, 3.8) is 0 Å². The van der Waals surface area contributed by atoms with Crippen molar-refractivity contribution < 1.29 is 9.53 Å². The summed E-state index contributed by atoms with van der Waals surface area (Å²) in [6, 6.07) is 0.675. The van der Waals surface area contributed by atoms with Crippen LogP contribution in [0.1, 0.15) is 37.7 Å². The lowest BCUT2D eigenvalue weighted by Crippen LogP contribution is -2.53. The summed E-state index contributed by atoms with van der Waals surface area (Å²) < 4.78 is 5.47. The topological polar surface area (TPSA) is 66.5 Å². The normalized spacial score (nSPS) is 24.9. The number of carbonyl (C=O) groups is 1. The molecule has 7 heteroatoms. The number of ether oxygens (including phenoxy) is 1. The van der Waals surface area contributed by atoms with Gasteiger partial charge in [0.25, 0.3) is 0 Å². The Hall–Kier alpha value is -1.18. The maximum atomic E-state index is 12.3. The third-order valence-corrected chi connectivity index (χ3v) is 5.50. The summed E-state index contributed by atoms with van der Waals surface area (Å²) >= 11 is 1.61. The van der Waals surface area contributed by atoms with E-state index in [1.54, 1.807) is 17.5 Å². The molecule has 128 valence electrons. The van der Waals surface area contributed by atoms with Crippen molar-refractivity contribution in [3.8, 4) is 0 Å². The summed E-state index contributed by atoms with van der Waals surface area (Å²) in [4.78, 5) is 19.0. The number of hydrogen-bond acceptors (Lipinski definition) is 5. The molecule has 3 unspecified atom stereocenters. The maximum Gasteiger partial charge on any atom is 0.315 e. The molecule has 3 atom stereocenters. The van der Waals surface area contributed by atoms with Crippen LogP contribution < -0.4 is 10.6 Å². The van der Waals surface area contributed by atoms with Crippen LogP contribution in [-0.4, -0.2) is 54.3 Å². The molecule has 6 nitrogen and oxygen atoms in total. The number of rotatable bonds is 6. The van der Waals surface area contributed by atoms with Gasteiger partial charge in [-0.3, -0.25) is 4.90 Å². The van der Waals surface area contributed by atoms with Crippen LogP contribution in [-0.2, 0) is 4.74 Å². The molecule has 2 amide bonds. The first-order chi connectivity index (χ1) is 11.1. The molecule has 0 spiro atoms. The number of nitrogens with one attached hydrogen (secondary N) is 2. The van der Waals surface area contributed by atoms with E-state index in [-0.39, 0.29) is 12.1 Å². The van der Waals surface area contributed by atoms with Crippen molar-refractivity contribution in [1.82, 2.24) is 20.5 Å². The molecule has 2 aliphatic rings. The van der Waals surface area contributed by atoms with Crippen LogP contribution in [0.5, 0.6) is 0 Å². The minimum atomic E-state index is -0.0927. The van der Waals surface area contributed by atoms with Crippen LogP contribution in [0.3, 0.4) is 0 Å². The van der Waals surface area contributed by atoms with Gasteiger partial charge in [-0.25, -0.2) is 9.78 Å². The fourth-order valence-electron chi connectivity index (χ4n) is 3.14. The standard InChI is InChI=1S/C16H26N4O2S/c1-11(20-6-7-22-10-12(20)2)9-18-16(21)19-14(13-3-4-13)15-17-5-8-23-15/h5,8,11-14H,3-4,6-7,9-10H2,1-2H3,(H2,18,19,21). The zero-order valence-electron chi connectivity index (χ0n) is 13.8. The van der Waals surface area contributed by atoms with Gasteiger partial charge >= 0.3 is 6.03 Å². The van der Waals surface area contributed by atoms with E-state index >= 15 is 0 Å². The van der Waals surface area contributed by atoms with Crippen molar-refractivity contribution in [1.29, 1.82) is 0 Å². The molecule has 0 aromatic carbocycles. The second-order valence-electron chi connectivity index (χ2n) is 6.55. The molecule has 2 fully saturated rings. The van der Waals surface area contributed by atoms with Gasteiger partial charge in [0.05, 0.1) is 19.3 Å². The number of morpholine rings is 1. The van der Waals surface area contributed by atoms with E-state index in [1.165, 1.54) is 12.8 Å². The first kappa shape index (κ1) is 16.7. The van der Waals surface area contributed by atoms with E-state index < -0.39 is 0 Å². The average molecular weight is 338 g/mol. The minimum Gasteiger partial charge on any atom is -0.379 e. The molecule has 23 heavy (non-hydrogen) atoms. The molecule has 1 saturated carbocycles. The highest BCUT2D eigenvalue weighted by molar-refractivity contribution is 7.09. The van der Waals surface area contributed by atoms with Gasteiger partial charge in [0.2, 0.25) is 0 Å². The Bertz CT molecular complexity index is 506. The number of nitrogens with zero attached hydrogens (tertiary/aromatic N) is 2. The van der Waals surface area contributed by atoms with Gasteiger partial charge in [0.15, 0.2) is 0 Å². The fraction of sp³-hybridized carbons (Fsp3) is 0.750. The van der Waals surface area contributed by atoms with E-state index in [4.69, 9.17) is 4.74 Å². The van der Waals surface area contributed by atoms with Crippen molar-refractivity contribution in [2.24, 2.45) is 5.92 Å². The molecule has 1 aromatic rings. The Labute approximate surface area is 141 Å². The third-order valence-electron chi connectivity index (χ3n) is 4.64. The fourth-order valence-corrected chi connectivity index (χ4v) is 3.92. The molecule has 0 radical (unpaired) electrons. The molecule has 3 rings (SSSR count). The van der Waals surface area contributed by atoms with Crippen molar-refractivity contribution in [2.75, 3.05) is 26.3 Å². The van der Waals surface area contributed by atoms with Gasteiger partial charge < -0.3 is 15.4 Å². The largest absolute Gasteiger partial charge is 0.379 e. The SMILES string of the molecule is CC(CNC(=O)NC(c1nccs1)C1CC1)N1CCOCC1C. The molecule has 1 aliphatic carbocycles. The number of hydrogen-bond donors (Lipinski definition) is 2. The Morgan fingerprint density at radius 1 is 1.57 bits per heavy atom.